The van der Waals surface area contributed by atoms with Gasteiger partial charge in [-0.2, -0.15) is 0 Å². The quantitative estimate of drug-likeness (QED) is 0.441. The van der Waals surface area contributed by atoms with Gasteiger partial charge in [0.05, 0.1) is 21.3 Å². The molecule has 0 saturated heterocycles. The number of aliphatic hydroxyl groups excluding tert-OH is 1. The van der Waals surface area contributed by atoms with Crippen LogP contribution in [0, 0.1) is 22.5 Å². The molecule has 2 atom stereocenters. The fourth-order valence-corrected chi connectivity index (χ4v) is 4.75. The van der Waals surface area contributed by atoms with Crippen molar-refractivity contribution in [1.29, 1.82) is 0 Å². The molecule has 0 amide bonds. The minimum atomic E-state index is -3.77. The van der Waals surface area contributed by atoms with E-state index in [9.17, 15) is 23.6 Å². The summed E-state index contributed by atoms with van der Waals surface area (Å²) >= 11 is 0. The number of aliphatic hydroxyl groups is 1. The lowest BCUT2D eigenvalue weighted by atomic mass is 9.79. The van der Waals surface area contributed by atoms with Gasteiger partial charge in [0.25, 0.3) is 15.7 Å². The van der Waals surface area contributed by atoms with Crippen molar-refractivity contribution in [3.05, 3.63) is 94.2 Å². The van der Waals surface area contributed by atoms with Crippen LogP contribution >= 0.6 is 0 Å². The van der Waals surface area contributed by atoms with Crippen LogP contribution in [-0.4, -0.2) is 29.3 Å². The van der Waals surface area contributed by atoms with Crippen LogP contribution < -0.4 is 0 Å². The minimum absolute atomic E-state index is 0.0195. The highest BCUT2D eigenvalue weighted by Gasteiger charge is 2.42. The normalized spacial score (nSPS) is 20.3. The first-order valence-electron chi connectivity index (χ1n) is 9.04. The van der Waals surface area contributed by atoms with Crippen molar-refractivity contribution in [2.24, 2.45) is 5.41 Å². The minimum Gasteiger partial charge on any atom is -0.387 e. The second kappa shape index (κ2) is 7.81. The highest BCUT2D eigenvalue weighted by atomic mass is 32.2. The summed E-state index contributed by atoms with van der Waals surface area (Å²) in [7, 11) is -3.77. The third-order valence-electron chi connectivity index (χ3n) is 5.01. The molecule has 2 aromatic rings. The van der Waals surface area contributed by atoms with E-state index in [0.717, 1.165) is 5.56 Å². The van der Waals surface area contributed by atoms with Gasteiger partial charge in [-0.25, -0.2) is 8.42 Å². The highest BCUT2D eigenvalue weighted by Crippen LogP contribution is 2.43. The fourth-order valence-electron chi connectivity index (χ4n) is 3.38. The van der Waals surface area contributed by atoms with Gasteiger partial charge in [0, 0.05) is 24.9 Å². The maximum absolute atomic E-state index is 13.0. The van der Waals surface area contributed by atoms with E-state index < -0.39 is 26.5 Å². The molecule has 0 spiro atoms. The molecule has 7 nitrogen and oxygen atoms in total. The van der Waals surface area contributed by atoms with Crippen LogP contribution in [0.5, 0.6) is 0 Å². The fraction of sp³-hybridized carbons (Fsp3) is 0.238. The molecule has 0 radical (unpaired) electrons. The summed E-state index contributed by atoms with van der Waals surface area (Å²) in [6, 6.07) is 12.2. The number of aryl methyl sites for hydroxylation is 1. The van der Waals surface area contributed by atoms with Crippen LogP contribution in [0.25, 0.3) is 0 Å². The number of benzene rings is 2. The van der Waals surface area contributed by atoms with Gasteiger partial charge >= 0.3 is 0 Å². The Kier molecular flexibility index (Phi) is 5.59. The van der Waals surface area contributed by atoms with E-state index in [-0.39, 0.29) is 17.1 Å². The Morgan fingerprint density at radius 3 is 2.34 bits per heavy atom. The Morgan fingerprint density at radius 1 is 1.17 bits per heavy atom. The second-order valence-electron chi connectivity index (χ2n) is 7.04. The molecule has 2 aromatic carbocycles. The number of non-ortho nitro benzene ring substituents is 1. The number of nitrogens with zero attached hydrogens (tertiary/aromatic N) is 2. The third-order valence-corrected chi connectivity index (χ3v) is 6.75. The van der Waals surface area contributed by atoms with Crippen LogP contribution in [0.3, 0.4) is 0 Å². The van der Waals surface area contributed by atoms with Crippen LogP contribution in [0.4, 0.5) is 5.69 Å². The van der Waals surface area contributed by atoms with E-state index in [1.807, 2.05) is 6.92 Å². The van der Waals surface area contributed by atoms with Crippen LogP contribution in [0.2, 0.25) is 0 Å². The largest absolute Gasteiger partial charge is 0.387 e. The van der Waals surface area contributed by atoms with Crippen molar-refractivity contribution in [2.45, 2.75) is 24.8 Å². The molecule has 0 fully saturated rings. The number of hydrogen-bond acceptors (Lipinski definition) is 5. The molecule has 3 rings (SSSR count). The van der Waals surface area contributed by atoms with Gasteiger partial charge in [-0.15, -0.1) is 0 Å². The molecule has 29 heavy (non-hydrogen) atoms. The zero-order valence-electron chi connectivity index (χ0n) is 16.1. The van der Waals surface area contributed by atoms with Crippen molar-refractivity contribution in [3.8, 4) is 0 Å². The molecule has 152 valence electrons. The lowest BCUT2D eigenvalue weighted by Gasteiger charge is -2.31. The van der Waals surface area contributed by atoms with Crippen molar-refractivity contribution >= 4 is 15.7 Å². The summed E-state index contributed by atoms with van der Waals surface area (Å²) in [5.41, 5.74) is 0.361. The van der Waals surface area contributed by atoms with E-state index >= 15 is 0 Å². The number of allylic oxidation sites excluding steroid dienone is 1. The Hall–Kier alpha value is -2.97. The molecule has 0 unspecified atom stereocenters. The standard InChI is InChI=1S/C21H22N2O5S/c1-3-12-21(20(24)17-6-8-18(9-7-17)23(25)26)13-14-22(15-21)29(27,28)19-10-4-16(2)5-11-19/h3-14,20,24H,15H2,1-2H3/b12-3+/t20-,21+/m1/s1. The van der Waals surface area contributed by atoms with Gasteiger partial charge < -0.3 is 5.11 Å². The first-order chi connectivity index (χ1) is 13.7. The number of sulfonamides is 1. The molecule has 0 aliphatic carbocycles. The lowest BCUT2D eigenvalue weighted by molar-refractivity contribution is -0.384. The first kappa shape index (κ1) is 20.8. The van der Waals surface area contributed by atoms with Gasteiger partial charge in [0.15, 0.2) is 0 Å². The van der Waals surface area contributed by atoms with Crippen LogP contribution in [-0.2, 0) is 10.0 Å². The van der Waals surface area contributed by atoms with E-state index in [0.29, 0.717) is 5.56 Å². The van der Waals surface area contributed by atoms with Gasteiger partial charge in [0.1, 0.15) is 0 Å². The summed E-state index contributed by atoms with van der Waals surface area (Å²) < 4.78 is 27.2. The zero-order valence-corrected chi connectivity index (χ0v) is 16.9. The zero-order chi connectivity index (χ0) is 21.2. The molecule has 1 heterocycles. The Bertz CT molecular complexity index is 1060. The molecule has 0 saturated carbocycles. The lowest BCUT2D eigenvalue weighted by Crippen LogP contribution is -2.35. The average Bonchev–Trinajstić information content (AvgIpc) is 3.14. The van der Waals surface area contributed by atoms with Gasteiger partial charge in [0.2, 0.25) is 0 Å². The van der Waals surface area contributed by atoms with Crippen molar-refractivity contribution in [1.82, 2.24) is 4.31 Å². The number of hydrogen-bond donors (Lipinski definition) is 1. The second-order valence-corrected chi connectivity index (χ2v) is 8.93. The van der Waals surface area contributed by atoms with Crippen LogP contribution in [0.15, 0.2) is 77.9 Å². The predicted octanol–water partition coefficient (Wildman–Crippen LogP) is 3.72. The topological polar surface area (TPSA) is 101 Å². The summed E-state index contributed by atoms with van der Waals surface area (Å²) in [4.78, 5) is 10.5. The number of nitro benzene ring substituents is 1. The summed E-state index contributed by atoms with van der Waals surface area (Å²) in [5.74, 6) is 0. The first-order valence-corrected chi connectivity index (χ1v) is 10.5. The van der Waals surface area contributed by atoms with E-state index in [1.165, 1.54) is 34.8 Å². The molecular formula is C21H22N2O5S. The Balaban J connectivity index is 1.91. The van der Waals surface area contributed by atoms with Crippen molar-refractivity contribution in [2.75, 3.05) is 6.54 Å². The number of rotatable bonds is 6. The SMILES string of the molecule is C/C=C/[C@]1([C@H](O)c2ccc([N+](=O)[O-])cc2)C=CN(S(=O)(=O)c2ccc(C)cc2)C1. The summed E-state index contributed by atoms with van der Waals surface area (Å²) in [6.07, 6.45) is 5.55. The van der Waals surface area contributed by atoms with Crippen LogP contribution in [0.1, 0.15) is 24.2 Å². The molecule has 1 aliphatic heterocycles. The molecule has 1 N–H and O–H groups in total. The highest BCUT2D eigenvalue weighted by molar-refractivity contribution is 7.89. The Labute approximate surface area is 169 Å². The molecule has 8 heteroatoms. The molecular weight excluding hydrogens is 392 g/mol. The maximum Gasteiger partial charge on any atom is 0.269 e. The summed E-state index contributed by atoms with van der Waals surface area (Å²) in [6.45, 7) is 3.69. The molecule has 0 bridgehead atoms. The van der Waals surface area contributed by atoms with Crippen molar-refractivity contribution < 1.29 is 18.4 Å². The molecule has 1 aliphatic rings. The van der Waals surface area contributed by atoms with Gasteiger partial charge in [-0.05, 0) is 43.7 Å². The van der Waals surface area contributed by atoms with E-state index in [2.05, 4.69) is 0 Å². The number of nitro groups is 1. The maximum atomic E-state index is 13.0. The molecule has 0 aromatic heterocycles. The smallest absolute Gasteiger partial charge is 0.269 e. The monoisotopic (exact) mass is 414 g/mol. The van der Waals surface area contributed by atoms with Gasteiger partial charge in [-0.3, -0.25) is 14.4 Å². The average molecular weight is 414 g/mol. The third kappa shape index (κ3) is 3.94. The van der Waals surface area contributed by atoms with Crippen molar-refractivity contribution in [3.63, 3.8) is 0 Å². The van der Waals surface area contributed by atoms with Gasteiger partial charge in [-0.1, -0.05) is 35.9 Å². The summed E-state index contributed by atoms with van der Waals surface area (Å²) in [5, 5.41) is 21.9. The van der Waals surface area contributed by atoms with E-state index in [1.54, 1.807) is 49.4 Å². The Morgan fingerprint density at radius 2 is 1.79 bits per heavy atom. The predicted molar refractivity (Wildman–Crippen MR) is 110 cm³/mol. The van der Waals surface area contributed by atoms with E-state index in [4.69, 9.17) is 0 Å².